The summed E-state index contributed by atoms with van der Waals surface area (Å²) in [4.78, 5) is 26.9. The Labute approximate surface area is 151 Å². The highest BCUT2D eigenvalue weighted by atomic mass is 79.9. The predicted octanol–water partition coefficient (Wildman–Crippen LogP) is 2.19. The molecule has 1 amide bonds. The Morgan fingerprint density at radius 3 is 2.40 bits per heavy atom. The van der Waals surface area contributed by atoms with Crippen molar-refractivity contribution < 1.29 is 13.2 Å². The standard InChI is InChI=1S/C16H12BrN3O4S/c17-9-1-6-14-12(7-9)13(8-15(21)20-14)16(22)19-10-2-4-11(5-3-10)25(18,23)24/h1-8H,(H,19,22)(H,20,21)(H2,18,23,24). The number of amides is 1. The number of hydrogen-bond donors (Lipinski definition) is 3. The molecule has 0 unspecified atom stereocenters. The van der Waals surface area contributed by atoms with Gasteiger partial charge in [0.25, 0.3) is 5.91 Å². The lowest BCUT2D eigenvalue weighted by molar-refractivity contribution is 0.102. The number of aromatic nitrogens is 1. The fourth-order valence-electron chi connectivity index (χ4n) is 2.34. The number of nitrogens with two attached hydrogens (primary N) is 1. The molecular formula is C16H12BrN3O4S. The Hall–Kier alpha value is -2.49. The molecule has 0 radical (unpaired) electrons. The van der Waals surface area contributed by atoms with E-state index in [-0.39, 0.29) is 10.5 Å². The zero-order chi connectivity index (χ0) is 18.2. The smallest absolute Gasteiger partial charge is 0.256 e. The minimum atomic E-state index is -3.80. The molecular weight excluding hydrogens is 410 g/mol. The van der Waals surface area contributed by atoms with Crippen LogP contribution in [0.25, 0.3) is 10.9 Å². The number of nitrogens with one attached hydrogen (secondary N) is 2. The fraction of sp³-hybridized carbons (Fsp3) is 0. The third-order valence-electron chi connectivity index (χ3n) is 3.49. The summed E-state index contributed by atoms with van der Waals surface area (Å²) < 4.78 is 23.3. The number of primary sulfonamides is 1. The van der Waals surface area contributed by atoms with Gasteiger partial charge in [0.05, 0.1) is 10.5 Å². The molecule has 128 valence electrons. The van der Waals surface area contributed by atoms with Gasteiger partial charge in [0.1, 0.15) is 0 Å². The number of fused-ring (bicyclic) bond motifs is 1. The average Bonchev–Trinajstić information content (AvgIpc) is 2.54. The number of halogens is 1. The Bertz CT molecular complexity index is 1140. The van der Waals surface area contributed by atoms with Crippen LogP contribution in [0.15, 0.2) is 62.7 Å². The van der Waals surface area contributed by atoms with Gasteiger partial charge in [-0.05, 0) is 42.5 Å². The first-order chi connectivity index (χ1) is 11.7. The minimum absolute atomic E-state index is 0.0592. The molecule has 7 nitrogen and oxygen atoms in total. The normalized spacial score (nSPS) is 11.4. The summed E-state index contributed by atoms with van der Waals surface area (Å²) in [5, 5.41) is 8.24. The number of anilines is 1. The van der Waals surface area contributed by atoms with Gasteiger partial charge in [0.2, 0.25) is 15.6 Å². The number of H-pyrrole nitrogens is 1. The van der Waals surface area contributed by atoms with Gasteiger partial charge in [-0.15, -0.1) is 0 Å². The van der Waals surface area contributed by atoms with Crippen molar-refractivity contribution in [1.29, 1.82) is 0 Å². The summed E-state index contributed by atoms with van der Waals surface area (Å²) in [6.07, 6.45) is 0. The molecule has 0 fully saturated rings. The summed E-state index contributed by atoms with van der Waals surface area (Å²) in [7, 11) is -3.80. The number of benzene rings is 2. The Kier molecular flexibility index (Phi) is 4.46. The number of carbonyl (C=O) groups excluding carboxylic acids is 1. The second-order valence-corrected chi connectivity index (χ2v) is 7.74. The minimum Gasteiger partial charge on any atom is -0.322 e. The monoisotopic (exact) mass is 421 g/mol. The van der Waals surface area contributed by atoms with Crippen molar-refractivity contribution in [2.45, 2.75) is 4.90 Å². The van der Waals surface area contributed by atoms with Crippen LogP contribution in [0.3, 0.4) is 0 Å². The largest absolute Gasteiger partial charge is 0.322 e. The average molecular weight is 422 g/mol. The van der Waals surface area contributed by atoms with Crippen molar-refractivity contribution in [2.75, 3.05) is 5.32 Å². The summed E-state index contributed by atoms with van der Waals surface area (Å²) in [6.45, 7) is 0. The molecule has 0 atom stereocenters. The molecule has 4 N–H and O–H groups in total. The van der Waals surface area contributed by atoms with E-state index in [0.717, 1.165) is 4.47 Å². The van der Waals surface area contributed by atoms with Gasteiger partial charge in [-0.2, -0.15) is 0 Å². The second kappa shape index (κ2) is 6.43. The van der Waals surface area contributed by atoms with E-state index in [1.54, 1.807) is 18.2 Å². The zero-order valence-electron chi connectivity index (χ0n) is 12.6. The molecule has 3 aromatic rings. The number of aromatic amines is 1. The Morgan fingerprint density at radius 2 is 1.76 bits per heavy atom. The second-order valence-electron chi connectivity index (χ2n) is 5.26. The lowest BCUT2D eigenvalue weighted by Gasteiger charge is -2.09. The molecule has 3 rings (SSSR count). The van der Waals surface area contributed by atoms with Gasteiger partial charge in [0.15, 0.2) is 0 Å². The molecule has 0 saturated heterocycles. The van der Waals surface area contributed by atoms with Crippen molar-refractivity contribution in [3.63, 3.8) is 0 Å². The SMILES string of the molecule is NS(=O)(=O)c1ccc(NC(=O)c2cc(=O)[nH]c3ccc(Br)cc23)cc1. The van der Waals surface area contributed by atoms with Gasteiger partial charge < -0.3 is 10.3 Å². The number of rotatable bonds is 3. The molecule has 0 aliphatic rings. The number of carbonyl (C=O) groups is 1. The third-order valence-corrected chi connectivity index (χ3v) is 4.91. The van der Waals surface area contributed by atoms with Gasteiger partial charge in [-0.1, -0.05) is 15.9 Å². The highest BCUT2D eigenvalue weighted by Gasteiger charge is 2.13. The Morgan fingerprint density at radius 1 is 1.08 bits per heavy atom. The zero-order valence-corrected chi connectivity index (χ0v) is 15.0. The van der Waals surface area contributed by atoms with Crippen LogP contribution in [0.5, 0.6) is 0 Å². The van der Waals surface area contributed by atoms with E-state index in [1.807, 2.05) is 0 Å². The lowest BCUT2D eigenvalue weighted by atomic mass is 10.1. The predicted molar refractivity (Wildman–Crippen MR) is 98.0 cm³/mol. The van der Waals surface area contributed by atoms with Crippen LogP contribution < -0.4 is 16.0 Å². The van der Waals surface area contributed by atoms with Crippen LogP contribution in [0, 0.1) is 0 Å². The van der Waals surface area contributed by atoms with Crippen molar-refractivity contribution in [3.8, 4) is 0 Å². The van der Waals surface area contributed by atoms with Gasteiger partial charge in [0, 0.05) is 27.1 Å². The highest BCUT2D eigenvalue weighted by Crippen LogP contribution is 2.22. The van der Waals surface area contributed by atoms with Crippen molar-refractivity contribution >= 4 is 48.5 Å². The molecule has 25 heavy (non-hydrogen) atoms. The molecule has 0 aliphatic heterocycles. The van der Waals surface area contributed by atoms with Crippen LogP contribution in [0.4, 0.5) is 5.69 Å². The molecule has 1 heterocycles. The maximum atomic E-state index is 12.6. The van der Waals surface area contributed by atoms with Gasteiger partial charge in [-0.25, -0.2) is 13.6 Å². The lowest BCUT2D eigenvalue weighted by Crippen LogP contribution is -2.17. The van der Waals surface area contributed by atoms with Crippen LogP contribution in [0.1, 0.15) is 10.4 Å². The molecule has 0 spiro atoms. The molecule has 0 saturated carbocycles. The molecule has 1 aromatic heterocycles. The van der Waals surface area contributed by atoms with E-state index >= 15 is 0 Å². The molecule has 0 aliphatic carbocycles. The van der Waals surface area contributed by atoms with Crippen LogP contribution in [-0.4, -0.2) is 19.3 Å². The first kappa shape index (κ1) is 17.3. The van der Waals surface area contributed by atoms with Crippen LogP contribution in [-0.2, 0) is 10.0 Å². The summed E-state index contributed by atoms with van der Waals surface area (Å²) in [6, 6.07) is 11.8. The van der Waals surface area contributed by atoms with Crippen molar-refractivity contribution in [1.82, 2.24) is 4.98 Å². The molecule has 2 aromatic carbocycles. The van der Waals surface area contributed by atoms with E-state index in [2.05, 4.69) is 26.2 Å². The molecule has 9 heteroatoms. The summed E-state index contributed by atoms with van der Waals surface area (Å²) in [5.74, 6) is -0.488. The first-order valence-corrected chi connectivity index (χ1v) is 9.35. The fourth-order valence-corrected chi connectivity index (χ4v) is 3.22. The van der Waals surface area contributed by atoms with Crippen molar-refractivity contribution in [2.24, 2.45) is 5.14 Å². The summed E-state index contributed by atoms with van der Waals surface area (Å²) >= 11 is 3.34. The van der Waals surface area contributed by atoms with E-state index < -0.39 is 21.5 Å². The van der Waals surface area contributed by atoms with Crippen molar-refractivity contribution in [3.05, 3.63) is 68.9 Å². The van der Waals surface area contributed by atoms with E-state index in [9.17, 15) is 18.0 Å². The topological polar surface area (TPSA) is 122 Å². The molecule has 0 bridgehead atoms. The first-order valence-electron chi connectivity index (χ1n) is 7.01. The highest BCUT2D eigenvalue weighted by molar-refractivity contribution is 9.10. The Balaban J connectivity index is 1.98. The van der Waals surface area contributed by atoms with Gasteiger partial charge in [-0.3, -0.25) is 9.59 Å². The quantitative estimate of drug-likeness (QED) is 0.599. The maximum Gasteiger partial charge on any atom is 0.256 e. The van der Waals surface area contributed by atoms with E-state index in [4.69, 9.17) is 5.14 Å². The third kappa shape index (κ3) is 3.78. The summed E-state index contributed by atoms with van der Waals surface area (Å²) in [5.41, 5.74) is 0.714. The van der Waals surface area contributed by atoms with E-state index in [1.165, 1.54) is 30.3 Å². The van der Waals surface area contributed by atoms with Crippen LogP contribution >= 0.6 is 15.9 Å². The number of hydrogen-bond acceptors (Lipinski definition) is 4. The number of sulfonamides is 1. The van der Waals surface area contributed by atoms with Crippen LogP contribution in [0.2, 0.25) is 0 Å². The maximum absolute atomic E-state index is 12.6. The van der Waals surface area contributed by atoms with E-state index in [0.29, 0.717) is 16.6 Å². The number of pyridine rings is 1. The van der Waals surface area contributed by atoms with Gasteiger partial charge >= 0.3 is 0 Å².